The highest BCUT2D eigenvalue weighted by Crippen LogP contribution is 2.33. The van der Waals surface area contributed by atoms with E-state index in [2.05, 4.69) is 31.2 Å². The largest absolute Gasteiger partial charge is 0.455 e. The second-order valence-electron chi connectivity index (χ2n) is 6.04. The lowest BCUT2D eigenvalue weighted by Crippen LogP contribution is -2.00. The van der Waals surface area contributed by atoms with Crippen LogP contribution in [0.5, 0.6) is 11.5 Å². The van der Waals surface area contributed by atoms with Crippen LogP contribution in [0.1, 0.15) is 11.1 Å². The summed E-state index contributed by atoms with van der Waals surface area (Å²) >= 11 is 0. The van der Waals surface area contributed by atoms with E-state index in [0.717, 1.165) is 5.56 Å². The summed E-state index contributed by atoms with van der Waals surface area (Å²) in [5.74, 6) is 1.36. The molecule has 0 atom stereocenters. The van der Waals surface area contributed by atoms with E-state index >= 15 is 0 Å². The molecule has 0 aliphatic rings. The molecule has 0 aliphatic carbocycles. The summed E-state index contributed by atoms with van der Waals surface area (Å²) in [6.45, 7) is 0.357. The second kappa shape index (κ2) is 8.21. The van der Waals surface area contributed by atoms with Crippen molar-refractivity contribution in [3.05, 3.63) is 78.4 Å². The Kier molecular flexibility index (Phi) is 5.14. The van der Waals surface area contributed by atoms with Gasteiger partial charge in [-0.25, -0.2) is 9.97 Å². The molecule has 4 rings (SSSR count). The van der Waals surface area contributed by atoms with Crippen LogP contribution in [0.25, 0.3) is 22.8 Å². The van der Waals surface area contributed by atoms with Crippen LogP contribution in [0, 0.1) is 11.3 Å². The number of ether oxygens (including phenoxy) is 1. The van der Waals surface area contributed by atoms with Gasteiger partial charge in [0.05, 0.1) is 29.1 Å². The molecule has 0 bridgehead atoms. The smallest absolute Gasteiger partial charge is 0.162 e. The summed E-state index contributed by atoms with van der Waals surface area (Å²) in [5, 5.41) is 17.4. The highest BCUT2D eigenvalue weighted by molar-refractivity contribution is 5.67. The Hall–Kier alpha value is -4.22. The Morgan fingerprint density at radius 3 is 2.55 bits per heavy atom. The molecule has 8 nitrogen and oxygen atoms in total. The number of nitrogens with two attached hydrogens (primary N) is 1. The van der Waals surface area contributed by atoms with Crippen LogP contribution in [0.15, 0.2) is 67.3 Å². The molecule has 0 aliphatic heterocycles. The number of hydrogen-bond donors (Lipinski definition) is 1. The summed E-state index contributed by atoms with van der Waals surface area (Å²) in [6, 6.07) is 14.4. The Balaban J connectivity index is 1.72. The Labute approximate surface area is 166 Å². The minimum Gasteiger partial charge on any atom is -0.455 e. The van der Waals surface area contributed by atoms with Gasteiger partial charge in [-0.1, -0.05) is 6.07 Å². The van der Waals surface area contributed by atoms with Crippen LogP contribution in [0.3, 0.4) is 0 Å². The first kappa shape index (κ1) is 18.2. The van der Waals surface area contributed by atoms with Crippen LogP contribution in [-0.2, 0) is 6.54 Å². The molecule has 0 amide bonds. The molecule has 3 aromatic heterocycles. The quantitative estimate of drug-likeness (QED) is 0.559. The Morgan fingerprint density at radius 2 is 1.83 bits per heavy atom. The number of hydrogen-bond acceptors (Lipinski definition) is 8. The first-order valence-electron chi connectivity index (χ1n) is 8.74. The van der Waals surface area contributed by atoms with E-state index in [4.69, 9.17) is 10.5 Å². The van der Waals surface area contributed by atoms with Gasteiger partial charge in [0.2, 0.25) is 0 Å². The maximum atomic E-state index is 9.27. The fraction of sp³-hybridized carbons (Fsp3) is 0.0476. The molecule has 0 spiro atoms. The van der Waals surface area contributed by atoms with Crippen molar-refractivity contribution in [1.82, 2.24) is 25.1 Å². The summed E-state index contributed by atoms with van der Waals surface area (Å²) < 4.78 is 6.04. The number of rotatable bonds is 5. The molecule has 0 saturated carbocycles. The first-order valence-corrected chi connectivity index (χ1v) is 8.74. The van der Waals surface area contributed by atoms with E-state index in [1.165, 1.54) is 6.20 Å². The Bertz CT molecular complexity index is 1170. The van der Waals surface area contributed by atoms with Gasteiger partial charge in [0.25, 0.3) is 0 Å². The number of pyridine rings is 1. The maximum Gasteiger partial charge on any atom is 0.162 e. The molecule has 1 aromatic carbocycles. The van der Waals surface area contributed by atoms with Crippen molar-refractivity contribution in [3.8, 4) is 40.3 Å². The van der Waals surface area contributed by atoms with Gasteiger partial charge >= 0.3 is 0 Å². The van der Waals surface area contributed by atoms with Gasteiger partial charge in [-0.3, -0.25) is 4.98 Å². The summed E-state index contributed by atoms with van der Waals surface area (Å²) in [5.41, 5.74) is 8.78. The molecule has 29 heavy (non-hydrogen) atoms. The van der Waals surface area contributed by atoms with Crippen molar-refractivity contribution in [2.45, 2.75) is 6.54 Å². The van der Waals surface area contributed by atoms with Crippen molar-refractivity contribution < 1.29 is 4.74 Å². The zero-order chi connectivity index (χ0) is 20.1. The first-order chi connectivity index (χ1) is 14.3. The van der Waals surface area contributed by atoms with E-state index < -0.39 is 0 Å². The molecule has 3 heterocycles. The SMILES string of the molecule is N#Cc1ccc(-c2ncc(CN)cn2)c(Oc2cnnc(-c3ccccn3)c2)c1. The molecule has 140 valence electrons. The van der Waals surface area contributed by atoms with Crippen molar-refractivity contribution in [2.75, 3.05) is 0 Å². The average Bonchev–Trinajstić information content (AvgIpc) is 2.80. The van der Waals surface area contributed by atoms with Gasteiger partial charge in [0.15, 0.2) is 5.82 Å². The van der Waals surface area contributed by atoms with Crippen LogP contribution in [0.2, 0.25) is 0 Å². The maximum absolute atomic E-state index is 9.27. The van der Waals surface area contributed by atoms with Gasteiger partial charge in [-0.15, -0.1) is 5.10 Å². The third-order valence-corrected chi connectivity index (χ3v) is 4.08. The van der Waals surface area contributed by atoms with Gasteiger partial charge in [0, 0.05) is 36.8 Å². The highest BCUT2D eigenvalue weighted by Gasteiger charge is 2.13. The van der Waals surface area contributed by atoms with E-state index in [1.54, 1.807) is 42.9 Å². The molecule has 8 heteroatoms. The van der Waals surface area contributed by atoms with Crippen molar-refractivity contribution in [3.63, 3.8) is 0 Å². The van der Waals surface area contributed by atoms with Crippen molar-refractivity contribution in [2.24, 2.45) is 5.73 Å². The summed E-state index contributed by atoms with van der Waals surface area (Å²) in [6.07, 6.45) is 6.50. The summed E-state index contributed by atoms with van der Waals surface area (Å²) in [7, 11) is 0. The lowest BCUT2D eigenvalue weighted by Gasteiger charge is -2.11. The van der Waals surface area contributed by atoms with Crippen molar-refractivity contribution >= 4 is 0 Å². The lowest BCUT2D eigenvalue weighted by atomic mass is 10.1. The highest BCUT2D eigenvalue weighted by atomic mass is 16.5. The predicted octanol–water partition coefficient (Wildman–Crippen LogP) is 3.12. The van der Waals surface area contributed by atoms with E-state index in [-0.39, 0.29) is 0 Å². The van der Waals surface area contributed by atoms with Crippen LogP contribution >= 0.6 is 0 Å². The molecule has 0 radical (unpaired) electrons. The van der Waals surface area contributed by atoms with Crippen LogP contribution in [-0.4, -0.2) is 25.1 Å². The number of nitrogens with zero attached hydrogens (tertiary/aromatic N) is 6. The molecule has 4 aromatic rings. The number of aromatic nitrogens is 5. The fourth-order valence-electron chi connectivity index (χ4n) is 2.63. The summed E-state index contributed by atoms with van der Waals surface area (Å²) in [4.78, 5) is 13.0. The molecule has 0 fully saturated rings. The van der Waals surface area contributed by atoms with E-state index in [0.29, 0.717) is 46.4 Å². The van der Waals surface area contributed by atoms with Gasteiger partial charge in [-0.05, 0) is 30.3 Å². The average molecular weight is 381 g/mol. The van der Waals surface area contributed by atoms with Crippen LogP contribution < -0.4 is 10.5 Å². The van der Waals surface area contributed by atoms with Crippen molar-refractivity contribution in [1.29, 1.82) is 5.26 Å². The van der Waals surface area contributed by atoms with Gasteiger partial charge < -0.3 is 10.5 Å². The second-order valence-corrected chi connectivity index (χ2v) is 6.04. The van der Waals surface area contributed by atoms with Gasteiger partial charge in [-0.2, -0.15) is 10.4 Å². The minimum absolute atomic E-state index is 0.357. The standard InChI is InChI=1S/C21H15N7O/c22-9-14-4-5-17(21-25-11-15(10-23)12-26-21)20(7-14)29-16-8-19(28-27-13-16)18-3-1-2-6-24-18/h1-8,11-13H,10,23H2. The topological polar surface area (TPSA) is 123 Å². The normalized spacial score (nSPS) is 10.3. The Morgan fingerprint density at radius 1 is 0.966 bits per heavy atom. The fourth-order valence-corrected chi connectivity index (χ4v) is 2.63. The molecular formula is C21H15N7O. The third kappa shape index (κ3) is 4.05. The molecular weight excluding hydrogens is 366 g/mol. The lowest BCUT2D eigenvalue weighted by molar-refractivity contribution is 0.480. The molecule has 0 saturated heterocycles. The van der Waals surface area contributed by atoms with E-state index in [1.807, 2.05) is 18.2 Å². The molecule has 0 unspecified atom stereocenters. The minimum atomic E-state index is 0.357. The van der Waals surface area contributed by atoms with E-state index in [9.17, 15) is 5.26 Å². The number of benzene rings is 1. The van der Waals surface area contributed by atoms with Crippen LogP contribution in [0.4, 0.5) is 0 Å². The zero-order valence-corrected chi connectivity index (χ0v) is 15.2. The monoisotopic (exact) mass is 381 g/mol. The van der Waals surface area contributed by atoms with Gasteiger partial charge in [0.1, 0.15) is 17.2 Å². The number of nitriles is 1. The third-order valence-electron chi connectivity index (χ3n) is 4.08. The zero-order valence-electron chi connectivity index (χ0n) is 15.2. The predicted molar refractivity (Wildman–Crippen MR) is 105 cm³/mol. The molecule has 2 N–H and O–H groups in total.